The standard InChI is InChI=1S/C23H33N3O3.CH4O3S/c1-25-16-17-26(19-25)15-9-7-5-3-2-4-6-8-14-24-23(29)13-11-20-10-12-21(27)22(28)18-20;1-5(2,3)4/h10-13,16-19H,2-9,14-15H2,1H3,(H2-,24,27,28,29);1H3,(H,2,3,4). The minimum atomic E-state index is -3.92. The number of carbonyl (C=O) groups excluding carboxylic acids is 1. The SMILES string of the molecule is CS(=O)(=O)[O-].C[n+]1ccn(CCCCCCCCCCNC(=O)/C=C/c2ccc(O)c(O)c2)c1. The molecule has 0 aliphatic rings. The predicted octanol–water partition coefficient (Wildman–Crippen LogP) is 2.84. The molecule has 0 bridgehead atoms. The van der Waals surface area contributed by atoms with Crippen LogP contribution in [0.3, 0.4) is 0 Å². The Morgan fingerprint density at radius 3 is 2.21 bits per heavy atom. The number of hydrogen-bond donors (Lipinski definition) is 3. The van der Waals surface area contributed by atoms with Crippen molar-refractivity contribution in [2.24, 2.45) is 7.05 Å². The first-order chi connectivity index (χ1) is 16.0. The third-order valence-corrected chi connectivity index (χ3v) is 4.89. The molecule has 0 radical (unpaired) electrons. The Hall–Kier alpha value is -2.85. The molecule has 0 aliphatic carbocycles. The predicted molar refractivity (Wildman–Crippen MR) is 130 cm³/mol. The smallest absolute Gasteiger partial charge is 0.243 e. The van der Waals surface area contributed by atoms with Gasteiger partial charge in [0.1, 0.15) is 12.4 Å². The van der Waals surface area contributed by atoms with Gasteiger partial charge < -0.3 is 20.1 Å². The zero-order chi connectivity index (χ0) is 25.4. The molecule has 9 nitrogen and oxygen atoms in total. The average Bonchev–Trinajstić information content (AvgIpc) is 3.16. The molecule has 1 heterocycles. The van der Waals surface area contributed by atoms with E-state index in [2.05, 4.69) is 33.2 Å². The van der Waals surface area contributed by atoms with Crippen molar-refractivity contribution < 1.29 is 32.5 Å². The van der Waals surface area contributed by atoms with Crippen LogP contribution in [0.5, 0.6) is 11.5 Å². The molecule has 3 N–H and O–H groups in total. The second-order valence-electron chi connectivity index (χ2n) is 8.22. The number of aryl methyl sites for hydroxylation is 2. The lowest BCUT2D eigenvalue weighted by atomic mass is 10.1. The maximum absolute atomic E-state index is 11.8. The fourth-order valence-corrected chi connectivity index (χ4v) is 3.20. The van der Waals surface area contributed by atoms with E-state index >= 15 is 0 Å². The van der Waals surface area contributed by atoms with Crippen molar-refractivity contribution in [1.82, 2.24) is 9.88 Å². The molecule has 0 saturated heterocycles. The lowest BCUT2D eigenvalue weighted by Gasteiger charge is -2.03. The van der Waals surface area contributed by atoms with Gasteiger partial charge in [-0.25, -0.2) is 17.6 Å². The minimum Gasteiger partial charge on any atom is -0.748 e. The number of rotatable bonds is 13. The van der Waals surface area contributed by atoms with Crippen molar-refractivity contribution in [3.8, 4) is 11.5 Å². The Kier molecular flexibility index (Phi) is 13.6. The maximum Gasteiger partial charge on any atom is 0.243 e. The molecule has 1 aromatic carbocycles. The molecule has 0 atom stereocenters. The molecule has 2 aromatic rings. The van der Waals surface area contributed by atoms with Crippen molar-refractivity contribution in [3.63, 3.8) is 0 Å². The van der Waals surface area contributed by atoms with E-state index < -0.39 is 10.1 Å². The van der Waals surface area contributed by atoms with Gasteiger partial charge in [0.25, 0.3) is 0 Å². The highest BCUT2D eigenvalue weighted by Crippen LogP contribution is 2.25. The van der Waals surface area contributed by atoms with Crippen LogP contribution < -0.4 is 9.88 Å². The second kappa shape index (κ2) is 15.9. The van der Waals surface area contributed by atoms with E-state index in [0.717, 1.165) is 19.4 Å². The van der Waals surface area contributed by atoms with Crippen LogP contribution in [-0.4, -0.2) is 46.5 Å². The molecular weight excluding hydrogens is 458 g/mol. The number of hydrogen-bond acceptors (Lipinski definition) is 6. The van der Waals surface area contributed by atoms with E-state index in [1.54, 1.807) is 12.1 Å². The number of nitrogens with one attached hydrogen (secondary N) is 1. The molecule has 10 heteroatoms. The molecule has 2 rings (SSSR count). The van der Waals surface area contributed by atoms with Crippen molar-refractivity contribution in [1.29, 1.82) is 0 Å². The van der Waals surface area contributed by atoms with Gasteiger partial charge in [-0.3, -0.25) is 4.79 Å². The summed E-state index contributed by atoms with van der Waals surface area (Å²) in [6, 6.07) is 4.45. The third-order valence-electron chi connectivity index (χ3n) is 4.89. The van der Waals surface area contributed by atoms with Crippen molar-refractivity contribution in [2.75, 3.05) is 12.8 Å². The summed E-state index contributed by atoms with van der Waals surface area (Å²) in [6.07, 6.45) is 19.7. The van der Waals surface area contributed by atoms with Crippen molar-refractivity contribution in [2.45, 2.75) is 57.9 Å². The molecule has 0 aliphatic heterocycles. The number of phenols is 2. The molecule has 0 unspecified atom stereocenters. The first kappa shape index (κ1) is 29.2. The van der Waals surface area contributed by atoms with Gasteiger partial charge in [0.2, 0.25) is 12.2 Å². The van der Waals surface area contributed by atoms with Gasteiger partial charge in [-0.05, 0) is 43.0 Å². The average molecular weight is 496 g/mol. The fraction of sp³-hybridized carbons (Fsp3) is 0.500. The summed E-state index contributed by atoms with van der Waals surface area (Å²) < 4.78 is 31.5. The number of unbranched alkanes of at least 4 members (excludes halogenated alkanes) is 7. The topological polar surface area (TPSA) is 136 Å². The van der Waals surface area contributed by atoms with Gasteiger partial charge in [-0.15, -0.1) is 0 Å². The highest BCUT2D eigenvalue weighted by Gasteiger charge is 2.01. The van der Waals surface area contributed by atoms with Gasteiger partial charge in [0.05, 0.1) is 23.7 Å². The Morgan fingerprint density at radius 1 is 1.06 bits per heavy atom. The van der Waals surface area contributed by atoms with Gasteiger partial charge in [-0.2, -0.15) is 0 Å². The van der Waals surface area contributed by atoms with Crippen LogP contribution >= 0.6 is 0 Å². The molecular formula is C24H37N3O6S. The fourth-order valence-electron chi connectivity index (χ4n) is 3.20. The number of phenolic OH excluding ortho intramolecular Hbond substituents is 2. The summed E-state index contributed by atoms with van der Waals surface area (Å²) in [5, 5.41) is 21.6. The summed E-state index contributed by atoms with van der Waals surface area (Å²) in [7, 11) is -1.87. The Bertz CT molecular complexity index is 994. The number of benzene rings is 1. The molecule has 1 aromatic heterocycles. The van der Waals surface area contributed by atoms with Crippen LogP contribution in [-0.2, 0) is 28.5 Å². The minimum absolute atomic E-state index is 0.145. The molecule has 0 saturated carbocycles. The summed E-state index contributed by atoms with van der Waals surface area (Å²) in [5.41, 5.74) is 0.665. The first-order valence-corrected chi connectivity index (χ1v) is 13.3. The highest BCUT2D eigenvalue weighted by molar-refractivity contribution is 7.84. The number of amides is 1. The van der Waals surface area contributed by atoms with Crippen LogP contribution in [0, 0.1) is 0 Å². The van der Waals surface area contributed by atoms with Crippen LogP contribution in [0.15, 0.2) is 43.0 Å². The number of aromatic nitrogens is 2. The van der Waals surface area contributed by atoms with Crippen LogP contribution in [0.2, 0.25) is 0 Å². The van der Waals surface area contributed by atoms with E-state index in [4.69, 9.17) is 13.0 Å². The van der Waals surface area contributed by atoms with Crippen molar-refractivity contribution in [3.05, 3.63) is 48.6 Å². The van der Waals surface area contributed by atoms with Crippen LogP contribution in [0.4, 0.5) is 0 Å². The Morgan fingerprint density at radius 2 is 1.65 bits per heavy atom. The summed E-state index contributed by atoms with van der Waals surface area (Å²) in [5.74, 6) is -0.505. The lowest BCUT2D eigenvalue weighted by molar-refractivity contribution is -0.671. The third kappa shape index (κ3) is 15.9. The van der Waals surface area contributed by atoms with Gasteiger partial charge in [0, 0.05) is 18.9 Å². The van der Waals surface area contributed by atoms with E-state index in [9.17, 15) is 15.0 Å². The van der Waals surface area contributed by atoms with Crippen LogP contribution in [0.1, 0.15) is 56.9 Å². The maximum atomic E-state index is 11.8. The number of aromatic hydroxyl groups is 2. The molecule has 0 spiro atoms. The molecule has 34 heavy (non-hydrogen) atoms. The summed E-state index contributed by atoms with van der Waals surface area (Å²) in [4.78, 5) is 11.8. The van der Waals surface area contributed by atoms with E-state index in [1.807, 2.05) is 7.05 Å². The lowest BCUT2D eigenvalue weighted by Crippen LogP contribution is -2.23. The second-order valence-corrected chi connectivity index (χ2v) is 9.63. The van der Waals surface area contributed by atoms with E-state index in [-0.39, 0.29) is 17.4 Å². The molecule has 0 fully saturated rings. The molecule has 1 amide bonds. The quantitative estimate of drug-likeness (QED) is 0.129. The van der Waals surface area contributed by atoms with Gasteiger partial charge >= 0.3 is 0 Å². The Labute approximate surface area is 202 Å². The summed E-state index contributed by atoms with van der Waals surface area (Å²) in [6.45, 7) is 1.78. The zero-order valence-electron chi connectivity index (χ0n) is 20.0. The number of nitrogens with zero attached hydrogens (tertiary/aromatic N) is 2. The normalized spacial score (nSPS) is 11.3. The van der Waals surface area contributed by atoms with Crippen molar-refractivity contribution >= 4 is 22.1 Å². The zero-order valence-corrected chi connectivity index (χ0v) is 20.8. The Balaban J connectivity index is 0.00000104. The van der Waals surface area contributed by atoms with E-state index in [0.29, 0.717) is 18.4 Å². The monoisotopic (exact) mass is 495 g/mol. The van der Waals surface area contributed by atoms with Crippen LogP contribution in [0.25, 0.3) is 6.08 Å². The van der Waals surface area contributed by atoms with Gasteiger partial charge in [-0.1, -0.05) is 38.2 Å². The number of imidazole rings is 1. The number of carbonyl (C=O) groups is 1. The first-order valence-electron chi connectivity index (χ1n) is 11.4. The van der Waals surface area contributed by atoms with Gasteiger partial charge in [0.15, 0.2) is 11.5 Å². The summed E-state index contributed by atoms with van der Waals surface area (Å²) >= 11 is 0. The largest absolute Gasteiger partial charge is 0.748 e. The molecule has 190 valence electrons. The van der Waals surface area contributed by atoms with E-state index in [1.165, 1.54) is 56.7 Å². The highest BCUT2D eigenvalue weighted by atomic mass is 32.2.